The summed E-state index contributed by atoms with van der Waals surface area (Å²) in [6.45, 7) is 4.12. The zero-order valence-electron chi connectivity index (χ0n) is 10.6. The molecule has 0 bridgehead atoms. The van der Waals surface area contributed by atoms with Crippen molar-refractivity contribution in [2.45, 2.75) is 19.9 Å². The fourth-order valence-electron chi connectivity index (χ4n) is 2.01. The second kappa shape index (κ2) is 5.32. The van der Waals surface area contributed by atoms with Crippen LogP contribution in [0.2, 0.25) is 5.02 Å². The summed E-state index contributed by atoms with van der Waals surface area (Å²) in [7, 11) is 0. The van der Waals surface area contributed by atoms with Crippen molar-refractivity contribution in [1.29, 1.82) is 0 Å². The number of halogens is 1. The van der Waals surface area contributed by atoms with E-state index < -0.39 is 0 Å². The molecule has 3 N–H and O–H groups in total. The molecular formula is C15H17ClN2. The van der Waals surface area contributed by atoms with Gasteiger partial charge in [-0.2, -0.15) is 0 Å². The maximum absolute atomic E-state index is 6.19. The average Bonchev–Trinajstić information content (AvgIpc) is 2.34. The Morgan fingerprint density at radius 2 is 1.83 bits per heavy atom. The van der Waals surface area contributed by atoms with Gasteiger partial charge in [0, 0.05) is 5.02 Å². The maximum atomic E-state index is 6.19. The largest absolute Gasteiger partial charge is 0.397 e. The fraction of sp³-hybridized carbons (Fsp3) is 0.200. The molecule has 0 aliphatic heterocycles. The number of nitrogens with one attached hydrogen (secondary N) is 1. The molecule has 0 heterocycles. The van der Waals surface area contributed by atoms with Crippen molar-refractivity contribution in [2.75, 3.05) is 11.1 Å². The number of benzene rings is 2. The van der Waals surface area contributed by atoms with Crippen LogP contribution in [0.5, 0.6) is 0 Å². The van der Waals surface area contributed by atoms with Crippen molar-refractivity contribution in [3.8, 4) is 0 Å². The lowest BCUT2D eigenvalue weighted by Gasteiger charge is -2.20. The predicted octanol–water partition coefficient (Wildman–Crippen LogP) is 4.40. The van der Waals surface area contributed by atoms with Crippen LogP contribution in [0.4, 0.5) is 11.4 Å². The van der Waals surface area contributed by atoms with Gasteiger partial charge in [0.1, 0.15) is 0 Å². The lowest BCUT2D eigenvalue weighted by molar-refractivity contribution is 0.883. The first-order valence-corrected chi connectivity index (χ1v) is 6.33. The highest BCUT2D eigenvalue weighted by Gasteiger charge is 2.11. The summed E-state index contributed by atoms with van der Waals surface area (Å²) in [6.07, 6.45) is 0. The van der Waals surface area contributed by atoms with Crippen LogP contribution in [0.25, 0.3) is 0 Å². The summed E-state index contributed by atoms with van der Waals surface area (Å²) in [6, 6.07) is 13.8. The molecule has 0 saturated carbocycles. The highest BCUT2D eigenvalue weighted by Crippen LogP contribution is 2.30. The van der Waals surface area contributed by atoms with Gasteiger partial charge in [0.2, 0.25) is 0 Å². The Morgan fingerprint density at radius 1 is 1.11 bits per heavy atom. The van der Waals surface area contributed by atoms with E-state index in [-0.39, 0.29) is 6.04 Å². The molecule has 94 valence electrons. The first-order valence-electron chi connectivity index (χ1n) is 5.95. The van der Waals surface area contributed by atoms with Gasteiger partial charge in [-0.15, -0.1) is 0 Å². The third kappa shape index (κ3) is 2.59. The van der Waals surface area contributed by atoms with Gasteiger partial charge in [-0.05, 0) is 37.1 Å². The summed E-state index contributed by atoms with van der Waals surface area (Å²) in [4.78, 5) is 0. The van der Waals surface area contributed by atoms with Gasteiger partial charge in [0.25, 0.3) is 0 Å². The highest BCUT2D eigenvalue weighted by atomic mass is 35.5. The number of nitrogen functional groups attached to an aromatic ring is 1. The van der Waals surface area contributed by atoms with Gasteiger partial charge in [0.05, 0.1) is 17.4 Å². The van der Waals surface area contributed by atoms with Crippen LogP contribution < -0.4 is 11.1 Å². The van der Waals surface area contributed by atoms with Crippen molar-refractivity contribution >= 4 is 23.0 Å². The Hall–Kier alpha value is -1.67. The molecule has 0 fully saturated rings. The zero-order chi connectivity index (χ0) is 13.1. The molecule has 2 aromatic rings. The van der Waals surface area contributed by atoms with Crippen LogP contribution in [0.15, 0.2) is 42.5 Å². The highest BCUT2D eigenvalue weighted by molar-refractivity contribution is 6.31. The molecule has 3 heteroatoms. The second-order valence-corrected chi connectivity index (χ2v) is 4.83. The van der Waals surface area contributed by atoms with Crippen LogP contribution in [-0.2, 0) is 0 Å². The topological polar surface area (TPSA) is 38.0 Å². The van der Waals surface area contributed by atoms with Crippen LogP contribution >= 0.6 is 11.6 Å². The number of hydrogen-bond acceptors (Lipinski definition) is 2. The Balaban J connectivity index is 2.27. The second-order valence-electron chi connectivity index (χ2n) is 4.43. The number of rotatable bonds is 3. The Kier molecular flexibility index (Phi) is 3.78. The minimum atomic E-state index is 0.113. The van der Waals surface area contributed by atoms with Crippen LogP contribution in [0.3, 0.4) is 0 Å². The smallest absolute Gasteiger partial charge is 0.0608 e. The Morgan fingerprint density at radius 3 is 2.50 bits per heavy atom. The van der Waals surface area contributed by atoms with Gasteiger partial charge in [-0.1, -0.05) is 41.9 Å². The van der Waals surface area contributed by atoms with Crippen LogP contribution in [-0.4, -0.2) is 0 Å². The first kappa shape index (κ1) is 12.8. The van der Waals surface area contributed by atoms with E-state index in [9.17, 15) is 0 Å². The van der Waals surface area contributed by atoms with Gasteiger partial charge in [-0.3, -0.25) is 0 Å². The third-order valence-corrected chi connectivity index (χ3v) is 3.38. The average molecular weight is 261 g/mol. The molecule has 0 spiro atoms. The molecule has 0 amide bonds. The molecule has 2 aromatic carbocycles. The zero-order valence-corrected chi connectivity index (χ0v) is 11.3. The van der Waals surface area contributed by atoms with E-state index >= 15 is 0 Å². The van der Waals surface area contributed by atoms with Crippen molar-refractivity contribution in [3.63, 3.8) is 0 Å². The van der Waals surface area contributed by atoms with E-state index in [1.54, 1.807) is 0 Å². The number of para-hydroxylation sites is 1. The van der Waals surface area contributed by atoms with Crippen molar-refractivity contribution < 1.29 is 0 Å². The molecular weight excluding hydrogens is 244 g/mol. The van der Waals surface area contributed by atoms with E-state index in [4.69, 9.17) is 17.3 Å². The van der Waals surface area contributed by atoms with Gasteiger partial charge in [0.15, 0.2) is 0 Å². The summed E-state index contributed by atoms with van der Waals surface area (Å²) < 4.78 is 0. The molecule has 18 heavy (non-hydrogen) atoms. The molecule has 0 radical (unpaired) electrons. The van der Waals surface area contributed by atoms with Crippen molar-refractivity contribution in [3.05, 3.63) is 58.6 Å². The molecule has 2 nitrogen and oxygen atoms in total. The first-order chi connectivity index (χ1) is 8.59. The maximum Gasteiger partial charge on any atom is 0.0608 e. The van der Waals surface area contributed by atoms with E-state index in [1.165, 1.54) is 0 Å². The molecule has 1 unspecified atom stereocenters. The molecule has 0 saturated heterocycles. The van der Waals surface area contributed by atoms with E-state index in [1.807, 2.05) is 49.4 Å². The lowest BCUT2D eigenvalue weighted by atomic mass is 10.1. The minimum Gasteiger partial charge on any atom is -0.397 e. The normalized spacial score (nSPS) is 12.2. The van der Waals surface area contributed by atoms with E-state index in [2.05, 4.69) is 12.2 Å². The Bertz CT molecular complexity index is 532. The number of anilines is 2. The number of hydrogen-bond donors (Lipinski definition) is 2. The number of aryl methyl sites for hydroxylation is 1. The lowest BCUT2D eigenvalue weighted by Crippen LogP contribution is -2.10. The summed E-state index contributed by atoms with van der Waals surface area (Å²) in [5, 5.41) is 4.19. The van der Waals surface area contributed by atoms with Crippen molar-refractivity contribution in [2.24, 2.45) is 0 Å². The fourth-order valence-corrected chi connectivity index (χ4v) is 2.31. The summed E-state index contributed by atoms with van der Waals surface area (Å²) in [5.41, 5.74) is 9.93. The minimum absolute atomic E-state index is 0.113. The summed E-state index contributed by atoms with van der Waals surface area (Å²) in [5.74, 6) is 0. The number of nitrogens with two attached hydrogens (primary N) is 1. The SMILES string of the molecule is Cc1cccc(N)c1NC(C)c1ccccc1Cl. The predicted molar refractivity (Wildman–Crippen MR) is 79.1 cm³/mol. The van der Waals surface area contributed by atoms with Gasteiger partial charge >= 0.3 is 0 Å². The van der Waals surface area contributed by atoms with Crippen molar-refractivity contribution in [1.82, 2.24) is 0 Å². The molecule has 1 atom stereocenters. The molecule has 0 aliphatic carbocycles. The molecule has 0 aromatic heterocycles. The monoisotopic (exact) mass is 260 g/mol. The van der Waals surface area contributed by atoms with E-state index in [0.717, 1.165) is 27.5 Å². The van der Waals surface area contributed by atoms with Crippen LogP contribution in [0, 0.1) is 6.92 Å². The van der Waals surface area contributed by atoms with Gasteiger partial charge in [-0.25, -0.2) is 0 Å². The van der Waals surface area contributed by atoms with E-state index in [0.29, 0.717) is 0 Å². The Labute approximate surface area is 113 Å². The third-order valence-electron chi connectivity index (χ3n) is 3.04. The summed E-state index contributed by atoms with van der Waals surface area (Å²) >= 11 is 6.19. The molecule has 2 rings (SSSR count). The van der Waals surface area contributed by atoms with Gasteiger partial charge < -0.3 is 11.1 Å². The quantitative estimate of drug-likeness (QED) is 0.803. The standard InChI is InChI=1S/C15H17ClN2/c1-10-6-5-9-14(17)15(10)18-11(2)12-7-3-4-8-13(12)16/h3-9,11,18H,17H2,1-2H3. The molecule has 0 aliphatic rings. The van der Waals surface area contributed by atoms with Crippen LogP contribution in [0.1, 0.15) is 24.1 Å².